The van der Waals surface area contributed by atoms with Gasteiger partial charge in [-0.1, -0.05) is 12.1 Å². The van der Waals surface area contributed by atoms with E-state index in [2.05, 4.69) is 40.4 Å². The predicted octanol–water partition coefficient (Wildman–Crippen LogP) is 2.80. The third-order valence-corrected chi connectivity index (χ3v) is 4.75. The van der Waals surface area contributed by atoms with Gasteiger partial charge in [-0.05, 0) is 50.3 Å². The summed E-state index contributed by atoms with van der Waals surface area (Å²) in [4.78, 5) is 18.2. The molecule has 27 heavy (non-hydrogen) atoms. The largest absolute Gasteiger partial charge is 0.489 e. The molecule has 1 aromatic rings. The molecule has 1 unspecified atom stereocenters. The van der Waals surface area contributed by atoms with E-state index in [1.807, 2.05) is 25.2 Å². The number of halogens is 1. The van der Waals surface area contributed by atoms with Crippen molar-refractivity contribution < 1.29 is 9.53 Å². The van der Waals surface area contributed by atoms with E-state index < -0.39 is 0 Å². The number of carbonyl (C=O) groups excluding carboxylic acids is 1. The highest BCUT2D eigenvalue weighted by Crippen LogP contribution is 2.20. The Bertz CT molecular complexity index is 616. The van der Waals surface area contributed by atoms with Crippen LogP contribution >= 0.6 is 24.0 Å². The van der Waals surface area contributed by atoms with Gasteiger partial charge in [0.15, 0.2) is 5.96 Å². The number of ether oxygens (including phenoxy) is 1. The Hall–Kier alpha value is -1.51. The van der Waals surface area contributed by atoms with E-state index >= 15 is 0 Å². The van der Waals surface area contributed by atoms with Gasteiger partial charge >= 0.3 is 0 Å². The molecule has 152 valence electrons. The minimum absolute atomic E-state index is 0. The SMILES string of the molecule is CN=C(NCC(C)Oc1cccc(C)c1)N1CCC(CC(=O)NC)CC1.I. The molecule has 0 aliphatic carbocycles. The lowest BCUT2D eigenvalue weighted by atomic mass is 9.93. The van der Waals surface area contributed by atoms with Crippen LogP contribution in [0.15, 0.2) is 29.3 Å². The molecule has 1 aromatic carbocycles. The zero-order valence-electron chi connectivity index (χ0n) is 16.8. The van der Waals surface area contributed by atoms with Crippen molar-refractivity contribution >= 4 is 35.8 Å². The van der Waals surface area contributed by atoms with Gasteiger partial charge in [-0.3, -0.25) is 9.79 Å². The molecule has 1 saturated heterocycles. The number of nitrogens with zero attached hydrogens (tertiary/aromatic N) is 2. The molecule has 6 nitrogen and oxygen atoms in total. The molecule has 1 heterocycles. The van der Waals surface area contributed by atoms with Crippen molar-refractivity contribution in [2.75, 3.05) is 33.7 Å². The van der Waals surface area contributed by atoms with Crippen LogP contribution in [0, 0.1) is 12.8 Å². The van der Waals surface area contributed by atoms with Crippen molar-refractivity contribution in [2.45, 2.75) is 39.2 Å². The second-order valence-electron chi connectivity index (χ2n) is 6.98. The third kappa shape index (κ3) is 7.94. The molecule has 1 atom stereocenters. The molecule has 1 fully saturated rings. The van der Waals surface area contributed by atoms with Gasteiger partial charge in [-0.25, -0.2) is 0 Å². The number of aliphatic imine (C=N–C) groups is 1. The van der Waals surface area contributed by atoms with E-state index in [4.69, 9.17) is 4.74 Å². The normalized spacial score (nSPS) is 16.3. The topological polar surface area (TPSA) is 66.0 Å². The predicted molar refractivity (Wildman–Crippen MR) is 121 cm³/mol. The van der Waals surface area contributed by atoms with Gasteiger partial charge in [-0.15, -0.1) is 24.0 Å². The number of amides is 1. The maximum atomic E-state index is 11.5. The third-order valence-electron chi connectivity index (χ3n) is 4.75. The maximum Gasteiger partial charge on any atom is 0.220 e. The number of likely N-dealkylation sites (tertiary alicyclic amines) is 1. The lowest BCUT2D eigenvalue weighted by Gasteiger charge is -2.34. The number of piperidine rings is 1. The van der Waals surface area contributed by atoms with Crippen molar-refractivity contribution in [3.05, 3.63) is 29.8 Å². The Labute approximate surface area is 180 Å². The zero-order valence-corrected chi connectivity index (χ0v) is 19.2. The number of nitrogens with one attached hydrogen (secondary N) is 2. The molecule has 2 rings (SSSR count). The van der Waals surface area contributed by atoms with Crippen molar-refractivity contribution in [3.63, 3.8) is 0 Å². The first kappa shape index (κ1) is 23.5. The first-order valence-electron chi connectivity index (χ1n) is 9.41. The number of hydrogen-bond donors (Lipinski definition) is 2. The minimum atomic E-state index is 0. The van der Waals surface area contributed by atoms with E-state index in [-0.39, 0.29) is 36.0 Å². The van der Waals surface area contributed by atoms with Crippen LogP contribution in [0.5, 0.6) is 5.75 Å². The van der Waals surface area contributed by atoms with Crippen molar-refractivity contribution in [3.8, 4) is 5.75 Å². The summed E-state index contributed by atoms with van der Waals surface area (Å²) in [6, 6.07) is 8.09. The smallest absolute Gasteiger partial charge is 0.220 e. The number of carbonyl (C=O) groups is 1. The van der Waals surface area contributed by atoms with Gasteiger partial charge in [0.1, 0.15) is 11.9 Å². The van der Waals surface area contributed by atoms with Crippen LogP contribution in [0.1, 0.15) is 31.7 Å². The fourth-order valence-corrected chi connectivity index (χ4v) is 3.24. The minimum Gasteiger partial charge on any atom is -0.489 e. The van der Waals surface area contributed by atoms with Gasteiger partial charge in [0.05, 0.1) is 6.54 Å². The number of hydrogen-bond acceptors (Lipinski definition) is 3. The number of rotatable bonds is 6. The van der Waals surface area contributed by atoms with Crippen LogP contribution < -0.4 is 15.4 Å². The fourth-order valence-electron chi connectivity index (χ4n) is 3.24. The van der Waals surface area contributed by atoms with Crippen LogP contribution in [0.3, 0.4) is 0 Å². The Kier molecular flexibility index (Phi) is 10.5. The molecular weight excluding hydrogens is 455 g/mol. The molecule has 0 radical (unpaired) electrons. The summed E-state index contributed by atoms with van der Waals surface area (Å²) in [5.74, 6) is 2.40. The van der Waals surface area contributed by atoms with Crippen LogP contribution in [-0.4, -0.2) is 56.6 Å². The monoisotopic (exact) mass is 488 g/mol. The van der Waals surface area contributed by atoms with Gasteiger partial charge in [0.25, 0.3) is 0 Å². The molecule has 1 amide bonds. The Balaban J connectivity index is 0.00000364. The molecule has 1 aliphatic heterocycles. The summed E-state index contributed by atoms with van der Waals surface area (Å²) >= 11 is 0. The van der Waals surface area contributed by atoms with Crippen LogP contribution in [0.2, 0.25) is 0 Å². The highest BCUT2D eigenvalue weighted by atomic mass is 127. The zero-order chi connectivity index (χ0) is 18.9. The molecular formula is C20H33IN4O2. The molecule has 7 heteroatoms. The van der Waals surface area contributed by atoms with Gasteiger partial charge in [-0.2, -0.15) is 0 Å². The average molecular weight is 488 g/mol. The fraction of sp³-hybridized carbons (Fsp3) is 0.600. The van der Waals surface area contributed by atoms with Crippen molar-refractivity contribution in [1.29, 1.82) is 0 Å². The lowest BCUT2D eigenvalue weighted by molar-refractivity contribution is -0.121. The Morgan fingerprint density at radius 3 is 2.67 bits per heavy atom. The quantitative estimate of drug-likeness (QED) is 0.367. The van der Waals surface area contributed by atoms with E-state index in [0.717, 1.165) is 37.6 Å². The van der Waals surface area contributed by atoms with E-state index in [9.17, 15) is 4.79 Å². The Morgan fingerprint density at radius 1 is 1.37 bits per heavy atom. The van der Waals surface area contributed by atoms with Gasteiger partial charge in [0.2, 0.25) is 5.91 Å². The van der Waals surface area contributed by atoms with Crippen LogP contribution in [0.25, 0.3) is 0 Å². The molecule has 0 aromatic heterocycles. The Morgan fingerprint density at radius 2 is 2.07 bits per heavy atom. The maximum absolute atomic E-state index is 11.5. The average Bonchev–Trinajstić information content (AvgIpc) is 2.63. The van der Waals surface area contributed by atoms with Crippen LogP contribution in [0.4, 0.5) is 0 Å². The number of guanidine groups is 1. The summed E-state index contributed by atoms with van der Waals surface area (Å²) in [5.41, 5.74) is 1.19. The summed E-state index contributed by atoms with van der Waals surface area (Å²) in [7, 11) is 3.51. The summed E-state index contributed by atoms with van der Waals surface area (Å²) < 4.78 is 5.97. The molecule has 2 N–H and O–H groups in total. The van der Waals surface area contributed by atoms with E-state index in [1.165, 1.54) is 5.56 Å². The van der Waals surface area contributed by atoms with E-state index in [1.54, 1.807) is 7.05 Å². The number of benzene rings is 1. The van der Waals surface area contributed by atoms with Crippen molar-refractivity contribution in [2.24, 2.45) is 10.9 Å². The second-order valence-corrected chi connectivity index (χ2v) is 6.98. The summed E-state index contributed by atoms with van der Waals surface area (Å²) in [5, 5.41) is 6.12. The molecule has 0 saturated carbocycles. The van der Waals surface area contributed by atoms with Gasteiger partial charge < -0.3 is 20.3 Å². The van der Waals surface area contributed by atoms with E-state index in [0.29, 0.717) is 18.9 Å². The molecule has 0 bridgehead atoms. The highest BCUT2D eigenvalue weighted by Gasteiger charge is 2.23. The first-order chi connectivity index (χ1) is 12.5. The first-order valence-corrected chi connectivity index (χ1v) is 9.41. The summed E-state index contributed by atoms with van der Waals surface area (Å²) in [6.45, 7) is 6.66. The van der Waals surface area contributed by atoms with Crippen molar-refractivity contribution in [1.82, 2.24) is 15.5 Å². The number of aryl methyl sites for hydroxylation is 1. The highest BCUT2D eigenvalue weighted by molar-refractivity contribution is 14.0. The standard InChI is InChI=1S/C20H32N4O2.HI/c1-15-6-5-7-18(12-15)26-16(2)14-23-20(22-4)24-10-8-17(9-11-24)13-19(25)21-3;/h5-7,12,16-17H,8-11,13-14H2,1-4H3,(H,21,25)(H,22,23);1H. The lowest BCUT2D eigenvalue weighted by Crippen LogP contribution is -2.48. The van der Waals surface area contributed by atoms with Crippen LogP contribution in [-0.2, 0) is 4.79 Å². The summed E-state index contributed by atoms with van der Waals surface area (Å²) in [6.07, 6.45) is 2.70. The van der Waals surface area contributed by atoms with Gasteiger partial charge in [0, 0.05) is 33.6 Å². The molecule has 0 spiro atoms. The second kappa shape index (κ2) is 12.0. The molecule has 1 aliphatic rings.